The van der Waals surface area contributed by atoms with Gasteiger partial charge in [0, 0.05) is 75.2 Å². The number of nitrogens with two attached hydrogens (primary N) is 1. The highest BCUT2D eigenvalue weighted by atomic mass is 32.2. The number of nitrogens with zero attached hydrogens (tertiary/aromatic N) is 4. The molecule has 0 bridgehead atoms. The minimum absolute atomic E-state index is 0.0118. The number of sulfonamides is 1. The van der Waals surface area contributed by atoms with E-state index in [1.165, 1.54) is 16.7 Å². The molecule has 0 aliphatic carbocycles. The van der Waals surface area contributed by atoms with E-state index in [4.69, 9.17) is 5.14 Å². The quantitative estimate of drug-likeness (QED) is 0.0423. The van der Waals surface area contributed by atoms with E-state index in [1.54, 1.807) is 16.8 Å². The van der Waals surface area contributed by atoms with Crippen molar-refractivity contribution in [3.05, 3.63) is 89.6 Å². The lowest BCUT2D eigenvalue weighted by Crippen LogP contribution is -2.61. The average molecular weight is 1150 g/mol. The molecule has 3 saturated heterocycles. The number of sulfone groups is 1. The number of amides is 4. The Morgan fingerprint density at radius 2 is 1.60 bits per heavy atom. The molecule has 4 heterocycles. The lowest BCUT2D eigenvalue weighted by Gasteiger charge is -2.54. The third kappa shape index (κ3) is 15.0. The maximum Gasteiger partial charge on any atom is 0.501 e. The molecule has 7 rings (SSSR count). The number of unbranched alkanes of at least 4 members (excludes halogenated alkanes) is 1. The van der Waals surface area contributed by atoms with Gasteiger partial charge < -0.3 is 35.8 Å². The van der Waals surface area contributed by atoms with E-state index in [1.807, 2.05) is 94.1 Å². The molecule has 1 spiro atoms. The van der Waals surface area contributed by atoms with E-state index in [9.17, 15) is 54.3 Å². The van der Waals surface area contributed by atoms with Crippen LogP contribution in [0, 0.1) is 17.8 Å². The highest BCUT2D eigenvalue weighted by Crippen LogP contribution is 2.42. The second-order valence-electron chi connectivity index (χ2n) is 21.6. The van der Waals surface area contributed by atoms with Crippen LogP contribution in [0.4, 0.5) is 18.9 Å². The number of carbonyl (C=O) groups is 4. The van der Waals surface area contributed by atoms with Crippen molar-refractivity contribution in [3.63, 3.8) is 0 Å². The smallest absolute Gasteiger partial charge is 0.391 e. The number of aryl methyl sites for hydroxylation is 1. The molecule has 6 N–H and O–H groups in total. The second-order valence-corrected chi connectivity index (χ2v) is 27.0. The van der Waals surface area contributed by atoms with Gasteiger partial charge in [0.05, 0.1) is 38.8 Å². The number of aliphatic hydroxyl groups excluding tert-OH is 1. The first-order valence-electron chi connectivity index (χ1n) is 25.7. The van der Waals surface area contributed by atoms with Crippen LogP contribution in [-0.2, 0) is 39.0 Å². The van der Waals surface area contributed by atoms with Gasteiger partial charge in [0.15, 0.2) is 0 Å². The summed E-state index contributed by atoms with van der Waals surface area (Å²) in [5.41, 5.74) is -2.20. The maximum atomic E-state index is 14.2. The Morgan fingerprint density at radius 3 is 2.21 bits per heavy atom. The Kier molecular flexibility index (Phi) is 18.9. The van der Waals surface area contributed by atoms with Gasteiger partial charge >= 0.3 is 5.51 Å². The van der Waals surface area contributed by atoms with Crippen LogP contribution < -0.4 is 21.1 Å². The lowest BCUT2D eigenvalue weighted by molar-refractivity contribution is -0.144. The van der Waals surface area contributed by atoms with Crippen molar-refractivity contribution >= 4 is 72.3 Å². The number of aromatic nitrogens is 1. The van der Waals surface area contributed by atoms with Crippen LogP contribution >= 0.6 is 23.1 Å². The topological polar surface area (TPSA) is 242 Å². The number of benzene rings is 3. The summed E-state index contributed by atoms with van der Waals surface area (Å²) >= 11 is 2.99. The van der Waals surface area contributed by atoms with Crippen molar-refractivity contribution in [2.75, 3.05) is 50.3 Å². The fourth-order valence-electron chi connectivity index (χ4n) is 10.2. The first-order chi connectivity index (χ1) is 36.1. The van der Waals surface area contributed by atoms with Gasteiger partial charge in [0.2, 0.25) is 33.7 Å². The highest BCUT2D eigenvalue weighted by molar-refractivity contribution is 7.99. The zero-order chi connectivity index (χ0) is 56.1. The zero-order valence-corrected chi connectivity index (χ0v) is 47.1. The van der Waals surface area contributed by atoms with Crippen LogP contribution in [0.25, 0.3) is 10.4 Å². The molecule has 4 amide bonds. The number of alkyl halides is 3. The maximum absolute atomic E-state index is 14.2. The second kappa shape index (κ2) is 24.5. The number of thiazole rings is 1. The Hall–Kier alpha value is -5.11. The molecular formula is C53H69F3N8O9S4. The number of hydrogen-bond acceptors (Lipinski definition) is 14. The number of piperidine rings is 1. The molecule has 5 atom stereocenters. The van der Waals surface area contributed by atoms with E-state index in [0.29, 0.717) is 50.7 Å². The van der Waals surface area contributed by atoms with E-state index >= 15 is 0 Å². The van der Waals surface area contributed by atoms with Crippen molar-refractivity contribution in [1.29, 1.82) is 0 Å². The van der Waals surface area contributed by atoms with Gasteiger partial charge in [-0.3, -0.25) is 19.2 Å². The molecule has 0 radical (unpaired) electrons. The number of thioether (sulfide) groups is 1. The van der Waals surface area contributed by atoms with Gasteiger partial charge in [0.1, 0.15) is 17.0 Å². The number of likely N-dealkylation sites (tertiary alicyclic amines) is 3. The van der Waals surface area contributed by atoms with E-state index in [2.05, 4.69) is 25.8 Å². The number of β-amino-alcohol motifs (C(OH)–C–C–N with tert-alkyl or cyclic N) is 1. The van der Waals surface area contributed by atoms with Crippen LogP contribution in [0.5, 0.6) is 0 Å². The van der Waals surface area contributed by atoms with Gasteiger partial charge in [-0.05, 0) is 98.2 Å². The first-order valence-corrected chi connectivity index (χ1v) is 30.5. The number of hydrogen-bond donors (Lipinski definition) is 5. The van der Waals surface area contributed by atoms with E-state index < -0.39 is 76.6 Å². The van der Waals surface area contributed by atoms with Gasteiger partial charge in [-0.15, -0.1) is 23.1 Å². The fraction of sp³-hybridized carbons (Fsp3) is 0.528. The largest absolute Gasteiger partial charge is 0.501 e. The van der Waals surface area contributed by atoms with Crippen molar-refractivity contribution < 1.29 is 54.3 Å². The van der Waals surface area contributed by atoms with Crippen molar-refractivity contribution in [2.24, 2.45) is 16.0 Å². The molecule has 3 aromatic carbocycles. The molecule has 0 saturated carbocycles. The molecular weight excluding hydrogens is 1080 g/mol. The summed E-state index contributed by atoms with van der Waals surface area (Å²) in [6.45, 7) is 12.4. The predicted molar refractivity (Wildman–Crippen MR) is 290 cm³/mol. The van der Waals surface area contributed by atoms with E-state index in [0.717, 1.165) is 64.7 Å². The molecule has 77 heavy (non-hydrogen) atoms. The van der Waals surface area contributed by atoms with Crippen LogP contribution in [0.1, 0.15) is 96.4 Å². The molecule has 3 unspecified atom stereocenters. The van der Waals surface area contributed by atoms with E-state index in [-0.39, 0.29) is 54.8 Å². The molecule has 4 aromatic rings. The molecule has 3 aliphatic rings. The van der Waals surface area contributed by atoms with Crippen molar-refractivity contribution in [3.8, 4) is 10.4 Å². The summed E-state index contributed by atoms with van der Waals surface area (Å²) in [6.07, 6.45) is 2.31. The summed E-state index contributed by atoms with van der Waals surface area (Å²) in [6, 6.07) is 16.7. The normalized spacial score (nSPS) is 19.3. The van der Waals surface area contributed by atoms with Gasteiger partial charge in [0.25, 0.3) is 9.84 Å². The number of halogens is 3. The SMILES string of the molecule is Cc1ncsc1-c1ccc(C(C)NC(=O)[C@@H]2C[C@@H](O)CN2C(=O)C(NC(=O)CCCCC(=O)N2CCC3(CC2)CN(CCC(CSc2ccccc2)Nc2ccc(S(N)(=O)=O)cc2S(=O)(=O)C(F)(F)F)C3)C(C)(C)C)cc1. The Balaban J connectivity index is 0.855. The number of primary sulfonamides is 1. The first kappa shape index (κ1) is 59.5. The van der Waals surface area contributed by atoms with Crippen LogP contribution in [-0.4, -0.2) is 140 Å². The summed E-state index contributed by atoms with van der Waals surface area (Å²) in [5, 5.41) is 24.7. The lowest BCUT2D eigenvalue weighted by atomic mass is 9.72. The standard InChI is InChI=1S/C53H69F3N8O9S4/c1-34(36-15-17-37(18-16-36)47-35(2)58-33-75-47)59-49(68)43-27-39(65)29-64(43)50(69)48(51(3,4)5)61-45(66)13-9-10-14-46(67)63-25-22-52(23-26-63)31-62(32-52)24-21-38(30-74-40-11-7-6-8-12-40)60-42-20-19-41(77(57,72)73)28-44(42)76(70,71)53(54,55)56/h6-8,11-12,15-20,28,33-34,38-39,43,48,60,65H,9-10,13-14,21-27,29-32H2,1-5H3,(H,59,68)(H,61,66)(H2,57,72,73)/t34?,38?,39-,43+,48?/m1/s1. The zero-order valence-electron chi connectivity index (χ0n) is 43.8. The number of nitrogens with one attached hydrogen (secondary N) is 3. The van der Waals surface area contributed by atoms with Crippen LogP contribution in [0.2, 0.25) is 0 Å². The minimum atomic E-state index is -5.97. The van der Waals surface area contributed by atoms with Crippen LogP contribution in [0.3, 0.4) is 0 Å². The summed E-state index contributed by atoms with van der Waals surface area (Å²) in [7, 11) is -10.5. The Bertz CT molecular complexity index is 2960. The van der Waals surface area contributed by atoms with Crippen molar-refractivity contribution in [1.82, 2.24) is 30.3 Å². The molecule has 420 valence electrons. The summed E-state index contributed by atoms with van der Waals surface area (Å²) in [4.78, 5) is 64.4. The molecule has 3 fully saturated rings. The van der Waals surface area contributed by atoms with Crippen molar-refractivity contribution in [2.45, 2.75) is 136 Å². The fourth-order valence-corrected chi connectivity index (χ4v) is 13.6. The number of carbonyl (C=O) groups excluding carboxylic acids is 4. The monoisotopic (exact) mass is 1150 g/mol. The molecule has 1 aromatic heterocycles. The predicted octanol–water partition coefficient (Wildman–Crippen LogP) is 6.88. The minimum Gasteiger partial charge on any atom is -0.391 e. The summed E-state index contributed by atoms with van der Waals surface area (Å²) < 4.78 is 91.0. The number of rotatable bonds is 21. The third-order valence-electron chi connectivity index (χ3n) is 14.6. The number of anilines is 1. The molecule has 3 aliphatic heterocycles. The Morgan fingerprint density at radius 1 is 0.935 bits per heavy atom. The van der Waals surface area contributed by atoms with Gasteiger partial charge in [-0.25, -0.2) is 27.0 Å². The summed E-state index contributed by atoms with van der Waals surface area (Å²) in [5.74, 6) is -0.879. The van der Waals surface area contributed by atoms with Gasteiger partial charge in [-0.1, -0.05) is 63.2 Å². The number of aliphatic hydroxyl groups is 1. The third-order valence-corrected chi connectivity index (χ3v) is 19.2. The molecule has 17 nitrogen and oxygen atoms in total. The Labute approximate surface area is 457 Å². The average Bonchev–Trinajstić information content (AvgIpc) is 4.00. The highest BCUT2D eigenvalue weighted by Gasteiger charge is 2.49. The van der Waals surface area contributed by atoms with Crippen LogP contribution in [0.15, 0.2) is 93.0 Å². The molecule has 24 heteroatoms. The van der Waals surface area contributed by atoms with Gasteiger partial charge in [-0.2, -0.15) is 13.2 Å².